The van der Waals surface area contributed by atoms with Crippen LogP contribution in [0.3, 0.4) is 0 Å². The molecule has 122 valence electrons. The lowest BCUT2D eigenvalue weighted by atomic mass is 10.1. The minimum Gasteiger partial charge on any atom is -0.396 e. The van der Waals surface area contributed by atoms with Crippen LogP contribution in [-0.4, -0.2) is 32.8 Å². The molecule has 2 aromatic rings. The monoisotopic (exact) mass is 317 g/mol. The fourth-order valence-electron chi connectivity index (χ4n) is 3.11. The van der Waals surface area contributed by atoms with E-state index in [1.165, 1.54) is 9.24 Å². The van der Waals surface area contributed by atoms with E-state index in [-0.39, 0.29) is 31.3 Å². The lowest BCUT2D eigenvalue weighted by molar-refractivity contribution is -0.131. The number of fused-ring (bicyclic) bond motifs is 1. The first-order valence-electron chi connectivity index (χ1n) is 7.72. The van der Waals surface area contributed by atoms with Crippen molar-refractivity contribution in [3.8, 4) is 0 Å². The number of hydrogen-bond donors (Lipinski definition) is 1. The van der Waals surface area contributed by atoms with Crippen LogP contribution in [0.4, 0.5) is 0 Å². The van der Waals surface area contributed by atoms with Crippen molar-refractivity contribution >= 4 is 22.8 Å². The van der Waals surface area contributed by atoms with E-state index in [9.17, 15) is 14.4 Å². The van der Waals surface area contributed by atoms with Crippen LogP contribution in [0.5, 0.6) is 0 Å². The summed E-state index contributed by atoms with van der Waals surface area (Å²) in [4.78, 5) is 37.0. The highest BCUT2D eigenvalue weighted by Crippen LogP contribution is 2.21. The van der Waals surface area contributed by atoms with Crippen molar-refractivity contribution < 1.29 is 14.7 Å². The molecule has 1 fully saturated rings. The van der Waals surface area contributed by atoms with E-state index in [1.54, 1.807) is 19.2 Å². The van der Waals surface area contributed by atoms with Gasteiger partial charge in [-0.1, -0.05) is 12.1 Å². The van der Waals surface area contributed by atoms with Crippen LogP contribution in [0.1, 0.15) is 31.2 Å². The summed E-state index contributed by atoms with van der Waals surface area (Å²) in [6, 6.07) is 5.42. The standard InChI is InChI=1S/C16H19N3O4/c1-17-15-11(6-4-10-20)5-2-7-12(15)18(16(17)23)19-13(21)8-3-9-14(19)22/h2,5,7,20H,3-4,6,8-10H2,1H3. The zero-order valence-electron chi connectivity index (χ0n) is 13.0. The van der Waals surface area contributed by atoms with Gasteiger partial charge in [-0.15, -0.1) is 0 Å². The Bertz CT molecular complexity index is 818. The summed E-state index contributed by atoms with van der Waals surface area (Å²) in [5.74, 6) is -0.701. The third kappa shape index (κ3) is 2.46. The minimum absolute atomic E-state index is 0.0636. The largest absolute Gasteiger partial charge is 0.396 e. The molecule has 0 saturated carbocycles. The fraction of sp³-hybridized carbons (Fsp3) is 0.438. The average molecular weight is 317 g/mol. The highest BCUT2D eigenvalue weighted by molar-refractivity contribution is 6.11. The molecule has 2 heterocycles. The molecule has 7 nitrogen and oxygen atoms in total. The number of piperidine rings is 1. The number of rotatable bonds is 4. The maximum absolute atomic E-state index is 12.6. The summed E-state index contributed by atoms with van der Waals surface area (Å²) in [5, 5.41) is 10.0. The predicted molar refractivity (Wildman–Crippen MR) is 84.7 cm³/mol. The van der Waals surface area contributed by atoms with Crippen molar-refractivity contribution in [2.45, 2.75) is 32.1 Å². The summed E-state index contributed by atoms with van der Waals surface area (Å²) in [7, 11) is 1.63. The first-order chi connectivity index (χ1) is 11.1. The molecule has 3 rings (SSSR count). The summed E-state index contributed by atoms with van der Waals surface area (Å²) in [6.07, 6.45) is 2.25. The molecule has 2 amide bonds. The van der Waals surface area contributed by atoms with E-state index in [1.807, 2.05) is 6.07 Å². The van der Waals surface area contributed by atoms with Gasteiger partial charge in [-0.25, -0.2) is 4.79 Å². The Morgan fingerprint density at radius 2 is 1.83 bits per heavy atom. The molecule has 0 bridgehead atoms. The Balaban J connectivity index is 2.22. The first kappa shape index (κ1) is 15.5. The summed E-state index contributed by atoms with van der Waals surface area (Å²) in [6.45, 7) is 0.0636. The molecule has 1 aromatic heterocycles. The minimum atomic E-state index is -0.417. The number of aliphatic hydroxyl groups is 1. The van der Waals surface area contributed by atoms with Crippen LogP contribution < -0.4 is 10.7 Å². The van der Waals surface area contributed by atoms with Gasteiger partial charge in [0.15, 0.2) is 0 Å². The molecule has 0 atom stereocenters. The van der Waals surface area contributed by atoms with Gasteiger partial charge in [-0.2, -0.15) is 9.69 Å². The molecule has 1 saturated heterocycles. The third-order valence-corrected chi connectivity index (χ3v) is 4.19. The van der Waals surface area contributed by atoms with Gasteiger partial charge in [0.2, 0.25) is 11.8 Å². The van der Waals surface area contributed by atoms with Crippen LogP contribution >= 0.6 is 0 Å². The summed E-state index contributed by atoms with van der Waals surface area (Å²) in [5.41, 5.74) is 1.72. The van der Waals surface area contributed by atoms with Crippen molar-refractivity contribution in [1.29, 1.82) is 0 Å². The van der Waals surface area contributed by atoms with E-state index in [0.29, 0.717) is 30.3 Å². The first-order valence-corrected chi connectivity index (χ1v) is 7.72. The molecule has 0 aliphatic carbocycles. The number of aromatic nitrogens is 2. The quantitative estimate of drug-likeness (QED) is 0.829. The predicted octanol–water partition coefficient (Wildman–Crippen LogP) is 0.440. The van der Waals surface area contributed by atoms with Gasteiger partial charge in [-0.05, 0) is 30.9 Å². The van der Waals surface area contributed by atoms with E-state index in [2.05, 4.69) is 0 Å². The second-order valence-corrected chi connectivity index (χ2v) is 5.72. The van der Waals surface area contributed by atoms with E-state index in [4.69, 9.17) is 5.11 Å². The number of aryl methyl sites for hydroxylation is 2. The van der Waals surface area contributed by atoms with Crippen molar-refractivity contribution in [2.24, 2.45) is 7.05 Å². The molecule has 7 heteroatoms. The second-order valence-electron chi connectivity index (χ2n) is 5.72. The summed E-state index contributed by atoms with van der Waals surface area (Å²) >= 11 is 0. The molecule has 0 unspecified atom stereocenters. The van der Waals surface area contributed by atoms with Crippen LogP contribution in [0, 0.1) is 0 Å². The molecular weight excluding hydrogens is 298 g/mol. The molecule has 23 heavy (non-hydrogen) atoms. The van der Waals surface area contributed by atoms with Gasteiger partial charge in [0.1, 0.15) is 0 Å². The van der Waals surface area contributed by atoms with Crippen molar-refractivity contribution in [3.05, 3.63) is 34.2 Å². The van der Waals surface area contributed by atoms with Gasteiger partial charge in [-0.3, -0.25) is 14.2 Å². The number of imidazole rings is 1. The lowest BCUT2D eigenvalue weighted by Crippen LogP contribution is -2.52. The Morgan fingerprint density at radius 1 is 1.13 bits per heavy atom. The number of imide groups is 1. The topological polar surface area (TPSA) is 84.5 Å². The Kier molecular flexibility index (Phi) is 4.04. The SMILES string of the molecule is Cn1c(=O)n(N2C(=O)CCCC2=O)c2cccc(CCCO)c21. The lowest BCUT2D eigenvalue weighted by Gasteiger charge is -2.25. The maximum atomic E-state index is 12.6. The van der Waals surface area contributed by atoms with Crippen molar-refractivity contribution in [1.82, 2.24) is 9.24 Å². The number of benzene rings is 1. The highest BCUT2D eigenvalue weighted by Gasteiger charge is 2.31. The number of amides is 2. The van der Waals surface area contributed by atoms with Gasteiger partial charge >= 0.3 is 5.69 Å². The number of nitrogens with zero attached hydrogens (tertiary/aromatic N) is 3. The smallest absolute Gasteiger partial charge is 0.348 e. The molecule has 1 aliphatic heterocycles. The Hall–Kier alpha value is -2.41. The maximum Gasteiger partial charge on any atom is 0.348 e. The zero-order chi connectivity index (χ0) is 16.6. The molecule has 1 N–H and O–H groups in total. The number of carbonyl (C=O) groups is 2. The Morgan fingerprint density at radius 3 is 2.48 bits per heavy atom. The molecule has 1 aromatic carbocycles. The van der Waals surface area contributed by atoms with Crippen molar-refractivity contribution in [3.63, 3.8) is 0 Å². The van der Waals surface area contributed by atoms with Crippen LogP contribution in [0.2, 0.25) is 0 Å². The number of para-hydroxylation sites is 1. The molecule has 0 radical (unpaired) electrons. The van der Waals surface area contributed by atoms with E-state index < -0.39 is 5.69 Å². The van der Waals surface area contributed by atoms with Gasteiger partial charge in [0.05, 0.1) is 11.0 Å². The fourth-order valence-corrected chi connectivity index (χ4v) is 3.11. The molecular formula is C16H19N3O4. The zero-order valence-corrected chi connectivity index (χ0v) is 13.0. The molecule has 0 spiro atoms. The Labute approximate surface area is 132 Å². The van der Waals surface area contributed by atoms with Crippen LogP contribution in [-0.2, 0) is 23.1 Å². The van der Waals surface area contributed by atoms with Crippen LogP contribution in [0.25, 0.3) is 11.0 Å². The average Bonchev–Trinajstić information content (AvgIpc) is 2.78. The van der Waals surface area contributed by atoms with Gasteiger partial charge in [0.25, 0.3) is 0 Å². The van der Waals surface area contributed by atoms with Crippen LogP contribution in [0.15, 0.2) is 23.0 Å². The molecule has 1 aliphatic rings. The number of hydrogen-bond acceptors (Lipinski definition) is 4. The van der Waals surface area contributed by atoms with E-state index in [0.717, 1.165) is 10.6 Å². The van der Waals surface area contributed by atoms with E-state index >= 15 is 0 Å². The normalized spacial score (nSPS) is 15.7. The number of carbonyl (C=O) groups excluding carboxylic acids is 2. The number of aliphatic hydroxyl groups excluding tert-OH is 1. The van der Waals surface area contributed by atoms with Gasteiger partial charge < -0.3 is 5.11 Å². The highest BCUT2D eigenvalue weighted by atomic mass is 16.3. The van der Waals surface area contributed by atoms with Crippen molar-refractivity contribution in [2.75, 3.05) is 11.6 Å². The van der Waals surface area contributed by atoms with Gasteiger partial charge in [0, 0.05) is 26.5 Å². The second kappa shape index (κ2) is 6.00. The summed E-state index contributed by atoms with van der Waals surface area (Å²) < 4.78 is 2.64. The third-order valence-electron chi connectivity index (χ3n) is 4.19.